The van der Waals surface area contributed by atoms with Crippen molar-refractivity contribution in [3.63, 3.8) is 0 Å². The molecule has 0 unspecified atom stereocenters. The van der Waals surface area contributed by atoms with E-state index in [-0.39, 0.29) is 17.4 Å². The van der Waals surface area contributed by atoms with Crippen LogP contribution in [0.15, 0.2) is 24.3 Å². The summed E-state index contributed by atoms with van der Waals surface area (Å²) in [5, 5.41) is 5.82. The van der Waals surface area contributed by atoms with Crippen LogP contribution in [-0.4, -0.2) is 48.4 Å². The van der Waals surface area contributed by atoms with Gasteiger partial charge in [0.15, 0.2) is 0 Å². The lowest BCUT2D eigenvalue weighted by molar-refractivity contribution is 0.0915. The van der Waals surface area contributed by atoms with Crippen LogP contribution in [0, 0.1) is 0 Å². The van der Waals surface area contributed by atoms with Crippen LogP contribution in [0.5, 0.6) is 0 Å². The zero-order chi connectivity index (χ0) is 18.3. The summed E-state index contributed by atoms with van der Waals surface area (Å²) in [6.07, 6.45) is 0.909. The van der Waals surface area contributed by atoms with Crippen molar-refractivity contribution in [2.75, 3.05) is 20.1 Å². The van der Waals surface area contributed by atoms with E-state index in [0.717, 1.165) is 13.0 Å². The van der Waals surface area contributed by atoms with Gasteiger partial charge in [0.2, 0.25) is 0 Å². The average molecular weight is 333 g/mol. The Morgan fingerprint density at radius 2 is 1.54 bits per heavy atom. The van der Waals surface area contributed by atoms with Crippen molar-refractivity contribution in [1.29, 1.82) is 0 Å². The smallest absolute Gasteiger partial charge is 0.251 e. The number of hydrogen-bond acceptors (Lipinski definition) is 3. The lowest BCUT2D eigenvalue weighted by Gasteiger charge is -2.21. The van der Waals surface area contributed by atoms with Gasteiger partial charge in [0.25, 0.3) is 11.8 Å². The maximum Gasteiger partial charge on any atom is 0.251 e. The van der Waals surface area contributed by atoms with Gasteiger partial charge in [-0.2, -0.15) is 0 Å². The normalized spacial score (nSPS) is 11.7. The first kappa shape index (κ1) is 20.2. The third-order valence-corrected chi connectivity index (χ3v) is 3.75. The first-order valence-electron chi connectivity index (χ1n) is 8.51. The van der Waals surface area contributed by atoms with Crippen LogP contribution in [0.2, 0.25) is 0 Å². The molecule has 1 aromatic rings. The van der Waals surface area contributed by atoms with Gasteiger partial charge in [-0.15, -0.1) is 0 Å². The third-order valence-electron chi connectivity index (χ3n) is 3.75. The molecule has 0 fully saturated rings. The number of nitrogens with zero attached hydrogens (tertiary/aromatic N) is 1. The molecule has 0 saturated heterocycles. The summed E-state index contributed by atoms with van der Waals surface area (Å²) in [4.78, 5) is 26.4. The molecular weight excluding hydrogens is 302 g/mol. The lowest BCUT2D eigenvalue weighted by Crippen LogP contribution is -2.40. The predicted octanol–water partition coefficient (Wildman–Crippen LogP) is 2.67. The zero-order valence-corrected chi connectivity index (χ0v) is 15.8. The number of carbonyl (C=O) groups is 2. The lowest BCUT2D eigenvalue weighted by atomic mass is 10.1. The molecule has 0 saturated carbocycles. The van der Waals surface area contributed by atoms with Gasteiger partial charge < -0.3 is 15.5 Å². The quantitative estimate of drug-likeness (QED) is 0.754. The van der Waals surface area contributed by atoms with E-state index in [9.17, 15) is 9.59 Å². The van der Waals surface area contributed by atoms with Gasteiger partial charge in [0.05, 0.1) is 0 Å². The Labute approximate surface area is 145 Å². The van der Waals surface area contributed by atoms with Gasteiger partial charge >= 0.3 is 0 Å². The topological polar surface area (TPSA) is 61.4 Å². The molecule has 0 atom stereocenters. The molecule has 5 nitrogen and oxygen atoms in total. The number of carbonyl (C=O) groups excluding carboxylic acids is 2. The second-order valence-corrected chi connectivity index (χ2v) is 7.47. The van der Waals surface area contributed by atoms with E-state index in [0.29, 0.717) is 23.7 Å². The second-order valence-electron chi connectivity index (χ2n) is 7.47. The molecule has 24 heavy (non-hydrogen) atoms. The van der Waals surface area contributed by atoms with Crippen molar-refractivity contribution in [3.8, 4) is 0 Å². The van der Waals surface area contributed by atoms with Gasteiger partial charge in [0.1, 0.15) is 0 Å². The van der Waals surface area contributed by atoms with E-state index in [2.05, 4.69) is 36.4 Å². The highest BCUT2D eigenvalue weighted by Gasteiger charge is 2.15. The van der Waals surface area contributed by atoms with Crippen molar-refractivity contribution in [2.24, 2.45) is 0 Å². The molecule has 5 heteroatoms. The van der Waals surface area contributed by atoms with Crippen LogP contribution >= 0.6 is 0 Å². The summed E-state index contributed by atoms with van der Waals surface area (Å²) in [6.45, 7) is 11.7. The minimum absolute atomic E-state index is 0.107. The Morgan fingerprint density at radius 1 is 1.04 bits per heavy atom. The summed E-state index contributed by atoms with van der Waals surface area (Å²) in [5.74, 6) is -0.240. The maximum absolute atomic E-state index is 12.1. The van der Waals surface area contributed by atoms with Crippen LogP contribution in [0.4, 0.5) is 0 Å². The minimum atomic E-state index is -0.281. The highest BCUT2D eigenvalue weighted by molar-refractivity contribution is 5.98. The molecule has 0 heterocycles. The molecule has 0 aromatic heterocycles. The van der Waals surface area contributed by atoms with E-state index >= 15 is 0 Å². The van der Waals surface area contributed by atoms with Crippen molar-refractivity contribution in [2.45, 2.75) is 52.6 Å². The molecule has 0 bridgehead atoms. The van der Waals surface area contributed by atoms with Crippen molar-refractivity contribution < 1.29 is 9.59 Å². The summed E-state index contributed by atoms with van der Waals surface area (Å²) in [6, 6.07) is 7.25. The van der Waals surface area contributed by atoms with E-state index in [1.807, 2.05) is 20.8 Å². The largest absolute Gasteiger partial charge is 0.352 e. The van der Waals surface area contributed by atoms with E-state index in [4.69, 9.17) is 0 Å². The fourth-order valence-corrected chi connectivity index (χ4v) is 2.08. The predicted molar refractivity (Wildman–Crippen MR) is 98.4 cm³/mol. The highest BCUT2D eigenvalue weighted by atomic mass is 16.2. The first-order valence-corrected chi connectivity index (χ1v) is 8.51. The van der Waals surface area contributed by atoms with Gasteiger partial charge in [0, 0.05) is 29.3 Å². The average Bonchev–Trinajstić information content (AvgIpc) is 2.49. The zero-order valence-electron chi connectivity index (χ0n) is 15.8. The van der Waals surface area contributed by atoms with Crippen LogP contribution < -0.4 is 10.6 Å². The SMILES string of the molecule is CC(C)N(C)CCCNC(=O)c1ccc(C(=O)NC(C)(C)C)cc1. The Bertz CT molecular complexity index is 545. The Morgan fingerprint density at radius 3 is 2.00 bits per heavy atom. The van der Waals surface area contributed by atoms with E-state index in [1.54, 1.807) is 24.3 Å². The Hall–Kier alpha value is -1.88. The van der Waals surface area contributed by atoms with Gasteiger partial charge in [-0.25, -0.2) is 0 Å². The fourth-order valence-electron chi connectivity index (χ4n) is 2.08. The van der Waals surface area contributed by atoms with Crippen LogP contribution in [0.25, 0.3) is 0 Å². The monoisotopic (exact) mass is 333 g/mol. The standard InChI is InChI=1S/C19H31N3O2/c1-14(2)22(6)13-7-12-20-17(23)15-8-10-16(11-9-15)18(24)21-19(3,4)5/h8-11,14H,7,12-13H2,1-6H3,(H,20,23)(H,21,24). The fraction of sp³-hybridized carbons (Fsp3) is 0.579. The summed E-state index contributed by atoms with van der Waals surface area (Å²) in [7, 11) is 2.08. The van der Waals surface area contributed by atoms with Gasteiger partial charge in [-0.1, -0.05) is 0 Å². The molecule has 0 aliphatic rings. The number of benzene rings is 1. The Balaban J connectivity index is 2.48. The molecule has 1 rings (SSSR count). The third kappa shape index (κ3) is 7.13. The first-order chi connectivity index (χ1) is 11.1. The molecule has 2 N–H and O–H groups in total. The van der Waals surface area contributed by atoms with Crippen LogP contribution in [-0.2, 0) is 0 Å². The number of nitrogens with one attached hydrogen (secondary N) is 2. The van der Waals surface area contributed by atoms with Gasteiger partial charge in [-0.05, 0) is 78.9 Å². The molecule has 0 aliphatic carbocycles. The Kier molecular flexibility index (Phi) is 7.42. The van der Waals surface area contributed by atoms with Crippen molar-refractivity contribution >= 4 is 11.8 Å². The van der Waals surface area contributed by atoms with Crippen LogP contribution in [0.3, 0.4) is 0 Å². The number of hydrogen-bond donors (Lipinski definition) is 2. The molecule has 134 valence electrons. The summed E-state index contributed by atoms with van der Waals surface area (Å²) < 4.78 is 0. The molecule has 0 aliphatic heterocycles. The minimum Gasteiger partial charge on any atom is -0.352 e. The maximum atomic E-state index is 12.1. The van der Waals surface area contributed by atoms with E-state index in [1.165, 1.54) is 0 Å². The molecule has 1 aromatic carbocycles. The van der Waals surface area contributed by atoms with E-state index < -0.39 is 0 Å². The molecule has 0 radical (unpaired) electrons. The molecule has 0 spiro atoms. The summed E-state index contributed by atoms with van der Waals surface area (Å²) in [5.41, 5.74) is 0.843. The number of rotatable bonds is 7. The molecule has 2 amide bonds. The van der Waals surface area contributed by atoms with Crippen molar-refractivity contribution in [1.82, 2.24) is 15.5 Å². The van der Waals surface area contributed by atoms with Crippen molar-refractivity contribution in [3.05, 3.63) is 35.4 Å². The number of amides is 2. The van der Waals surface area contributed by atoms with Crippen LogP contribution in [0.1, 0.15) is 61.8 Å². The summed E-state index contributed by atoms with van der Waals surface area (Å²) >= 11 is 0. The molecular formula is C19H31N3O2. The van der Waals surface area contributed by atoms with Gasteiger partial charge in [-0.3, -0.25) is 9.59 Å². The second kappa shape index (κ2) is 8.83. The highest BCUT2D eigenvalue weighted by Crippen LogP contribution is 2.07.